The summed E-state index contributed by atoms with van der Waals surface area (Å²) in [5, 5.41) is 3.01. The molecule has 5 amide bonds. The van der Waals surface area contributed by atoms with Crippen LogP contribution in [0.15, 0.2) is 283 Å². The number of pyridine rings is 1. The van der Waals surface area contributed by atoms with Crippen LogP contribution in [0.2, 0.25) is 0 Å². The Kier molecular flexibility index (Phi) is 33.9. The minimum absolute atomic E-state index is 0.0777. The van der Waals surface area contributed by atoms with Gasteiger partial charge < -0.3 is 23.7 Å². The number of aryl methyl sites for hydroxylation is 4. The van der Waals surface area contributed by atoms with Crippen molar-refractivity contribution >= 4 is 226 Å². The van der Waals surface area contributed by atoms with Crippen LogP contribution in [0.3, 0.4) is 0 Å². The second kappa shape index (κ2) is 46.4. The van der Waals surface area contributed by atoms with Crippen molar-refractivity contribution < 1.29 is 89.7 Å². The minimum atomic E-state index is -3.69. The number of nitrogens with zero attached hydrogens (tertiary/aromatic N) is 11. The quantitative estimate of drug-likeness (QED) is 0.0764. The summed E-state index contributed by atoms with van der Waals surface area (Å²) in [6.07, 6.45) is 5.83. The summed E-state index contributed by atoms with van der Waals surface area (Å²) >= 11 is 20.6. The maximum Gasteiger partial charge on any atom is 0.414 e. The van der Waals surface area contributed by atoms with Crippen molar-refractivity contribution in [3.8, 4) is 0 Å². The van der Waals surface area contributed by atoms with Gasteiger partial charge in [0.15, 0.2) is 0 Å². The molecular formula is C107H107Br6N11O20S5. The van der Waals surface area contributed by atoms with Crippen molar-refractivity contribution in [2.45, 2.75) is 174 Å². The Labute approximate surface area is 917 Å². The Morgan fingerprint density at radius 2 is 0.597 bits per heavy atom. The van der Waals surface area contributed by atoms with Gasteiger partial charge in [-0.3, -0.25) is 29.5 Å². The molecule has 782 valence electrons. The van der Waals surface area contributed by atoms with Crippen molar-refractivity contribution in [2.24, 2.45) is 0 Å². The highest BCUT2D eigenvalue weighted by molar-refractivity contribution is 9.11. The minimum Gasteiger partial charge on any atom is -0.444 e. The first kappa shape index (κ1) is 109. The molecule has 149 heavy (non-hydrogen) atoms. The monoisotopic (exact) mass is 2500 g/mol. The summed E-state index contributed by atoms with van der Waals surface area (Å²) in [5.74, 6) is 0.0777. The number of piperidine rings is 5. The smallest absolute Gasteiger partial charge is 0.414 e. The fourth-order valence-corrected chi connectivity index (χ4v) is 30.7. The van der Waals surface area contributed by atoms with E-state index in [2.05, 4.69) is 101 Å². The molecule has 12 aromatic rings. The number of anilines is 5. The van der Waals surface area contributed by atoms with Gasteiger partial charge in [-0.15, -0.1) is 0 Å². The molecule has 22 rings (SSSR count). The van der Waals surface area contributed by atoms with E-state index in [1.165, 1.54) is 17.2 Å². The van der Waals surface area contributed by atoms with E-state index < -0.39 is 50.1 Å². The van der Waals surface area contributed by atoms with E-state index in [0.717, 1.165) is 122 Å². The van der Waals surface area contributed by atoms with Crippen LogP contribution in [0.4, 0.5) is 52.4 Å². The number of sulfonamides is 5. The summed E-state index contributed by atoms with van der Waals surface area (Å²) in [6, 6.07) is 70.2. The third-order valence-corrected chi connectivity index (χ3v) is 41.0. The molecule has 11 heterocycles. The van der Waals surface area contributed by atoms with E-state index in [-0.39, 0.29) is 109 Å². The van der Waals surface area contributed by atoms with Gasteiger partial charge in [0.25, 0.3) is 0 Å². The predicted octanol–water partition coefficient (Wildman–Crippen LogP) is 22.4. The highest BCUT2D eigenvalue weighted by Gasteiger charge is 2.45. The number of carbonyl (C=O) groups excluding carboxylic acids is 5. The van der Waals surface area contributed by atoms with Crippen LogP contribution in [0.1, 0.15) is 114 Å². The molecule has 0 aliphatic carbocycles. The molecule has 1 aromatic heterocycles. The largest absolute Gasteiger partial charge is 0.444 e. The molecule has 10 aliphatic heterocycles. The SMILES string of the molecule is Cc1ccc(S(=O)(=O)N2CCC(N3C(=O)OCc4cc(Br)ccc43)CC2)c(C)c1.Cc1ccc(S(=O)(=O)N2CCC(N3C(=O)OCc4cc(Br)ccc43)CC2)cc1.O=C1OCc2cc(Br)ccc2N1C1CCN(S(=O)(=O)CCc2cccc3ccccc23)CC1.O=C1OCc2cc(Br)ccc2N1C1CCN(S(=O)(=O)c2ccc(Br)cc2)CC1.O=C1OCc2cc(Br)ccc2N1C1CCN(S(=O)(=O)c2cccc3cccnc23)CC1. The first-order valence-corrected chi connectivity index (χ1v) is 60.9. The van der Waals surface area contributed by atoms with Gasteiger partial charge in [0, 0.05) is 162 Å². The Bertz CT molecular complexity index is 7560. The zero-order chi connectivity index (χ0) is 105. The van der Waals surface area contributed by atoms with Gasteiger partial charge in [-0.1, -0.05) is 192 Å². The van der Waals surface area contributed by atoms with Crippen LogP contribution in [-0.2, 0) is 113 Å². The molecular weight excluding hydrogens is 2400 g/mol. The molecule has 0 atom stereocenters. The zero-order valence-electron chi connectivity index (χ0n) is 81.4. The summed E-state index contributed by atoms with van der Waals surface area (Å²) in [6.45, 7) is 10.6. The number of hydrogen-bond acceptors (Lipinski definition) is 21. The van der Waals surface area contributed by atoms with Crippen LogP contribution < -0.4 is 24.5 Å². The lowest BCUT2D eigenvalue weighted by Crippen LogP contribution is -2.50. The topological polar surface area (TPSA) is 347 Å². The predicted molar refractivity (Wildman–Crippen MR) is 590 cm³/mol. The number of rotatable bonds is 17. The Hall–Kier alpha value is -10.1. The molecule has 10 aliphatic rings. The van der Waals surface area contributed by atoms with Crippen LogP contribution in [0.5, 0.6) is 0 Å². The number of aromatic nitrogens is 1. The maximum atomic E-state index is 13.4. The van der Waals surface area contributed by atoms with Crippen LogP contribution in [0.25, 0.3) is 21.7 Å². The third kappa shape index (κ3) is 24.1. The second-order valence-electron chi connectivity index (χ2n) is 37.7. The van der Waals surface area contributed by atoms with E-state index in [1.807, 2.05) is 178 Å². The number of cyclic esters (lactones) is 5. The molecule has 42 heteroatoms. The third-order valence-electron chi connectivity index (χ3n) is 28.4. The van der Waals surface area contributed by atoms with Gasteiger partial charge in [0.2, 0.25) is 50.1 Å². The van der Waals surface area contributed by atoms with Gasteiger partial charge in [0.05, 0.1) is 54.4 Å². The van der Waals surface area contributed by atoms with Crippen LogP contribution in [-0.4, -0.2) is 200 Å². The average Bonchev–Trinajstić information content (AvgIpc) is 0.779. The van der Waals surface area contributed by atoms with Gasteiger partial charge >= 0.3 is 30.5 Å². The lowest BCUT2D eigenvalue weighted by Gasteiger charge is -2.39. The lowest BCUT2D eigenvalue weighted by atomic mass is 10.0. The summed E-state index contributed by atoms with van der Waals surface area (Å²) in [4.78, 5) is 76.3. The molecule has 0 radical (unpaired) electrons. The van der Waals surface area contributed by atoms with E-state index >= 15 is 0 Å². The molecule has 11 aromatic carbocycles. The van der Waals surface area contributed by atoms with Crippen molar-refractivity contribution in [2.75, 3.05) is 95.7 Å². The van der Waals surface area contributed by atoms with Gasteiger partial charge in [-0.2, -0.15) is 17.2 Å². The highest BCUT2D eigenvalue weighted by Crippen LogP contribution is 2.43. The number of amides is 5. The number of halogens is 6. The highest BCUT2D eigenvalue weighted by atomic mass is 79.9. The molecule has 0 saturated carbocycles. The Balaban J connectivity index is 0.000000122. The normalized spacial score (nSPS) is 18.3. The molecule has 5 fully saturated rings. The van der Waals surface area contributed by atoms with Crippen molar-refractivity contribution in [3.05, 3.63) is 314 Å². The average molecular weight is 2510 g/mol. The van der Waals surface area contributed by atoms with Crippen LogP contribution in [0, 0.1) is 20.8 Å². The number of carbonyl (C=O) groups is 5. The summed E-state index contributed by atoms with van der Waals surface area (Å²) < 4.78 is 171. The number of fused-ring (bicyclic) bond motifs is 7. The zero-order valence-corrected chi connectivity index (χ0v) is 95.0. The van der Waals surface area contributed by atoms with E-state index in [1.54, 1.807) is 108 Å². The van der Waals surface area contributed by atoms with Gasteiger partial charge in [-0.25, -0.2) is 70.4 Å². The fraction of sp³-hybridized carbons (Fsp3) is 0.327. The first-order chi connectivity index (χ1) is 71.4. The van der Waals surface area contributed by atoms with Crippen molar-refractivity contribution in [3.63, 3.8) is 0 Å². The number of benzene rings is 11. The summed E-state index contributed by atoms with van der Waals surface area (Å²) in [5.41, 5.74) is 13.3. The molecule has 0 N–H and O–H groups in total. The van der Waals surface area contributed by atoms with Crippen molar-refractivity contribution in [1.82, 2.24) is 26.5 Å². The fourth-order valence-electron chi connectivity index (χ4n) is 20.7. The first-order valence-electron chi connectivity index (χ1n) is 48.8. The van der Waals surface area contributed by atoms with Gasteiger partial charge in [0.1, 0.15) is 37.9 Å². The van der Waals surface area contributed by atoms with E-state index in [9.17, 15) is 66.1 Å². The molecule has 0 unspecified atom stereocenters. The van der Waals surface area contributed by atoms with Crippen LogP contribution >= 0.6 is 95.6 Å². The molecule has 5 saturated heterocycles. The standard InChI is InChI=1S/C25H25BrN2O4S.C22H20BrN3O4S.C21H23BrN2O4S.C20H21BrN2O4S.C19H18Br2N2O4S/c26-21-8-9-24-20(16-21)17-32-25(29)28(24)22-10-13-27(14-11-22)33(30,31)15-12-19-6-3-5-18-4-1-2-7-23(18)19;23-17-6-7-19-16(13-17)14-30-22(27)26(19)18-8-11-25(12-9-18)31(28,29)20-5-1-3-15-4-2-10-24-21(15)20;1-14-3-6-20(15(2)11-14)29(26,27)23-9-7-18(8-10-23)24-19-5-4-17(22)12-16(19)13-28-21(24)25;1-14-2-5-18(6-3-14)28(25,26)22-10-8-17(9-11-22)23-19-7-4-16(21)12-15(19)13-27-20(23)24;20-14-1-4-17(5-2-14)28(25,26)22-9-7-16(8-10-22)23-18-6-3-15(21)11-13(18)12-27-19(23)24/h1-9,16,22H,10-15,17H2;1-7,10,13,18H,8-9,11-12,14H2;3-6,11-12,18H,7-10,13H2,1-2H3;2-7,12,17H,8-11,13H2,1H3;1-6,11,16H,7-10,12H2. The molecule has 0 bridgehead atoms. The number of hydrogen-bond donors (Lipinski definition) is 0. The number of para-hydroxylation sites is 1. The number of ether oxygens (including phenoxy) is 5. The Morgan fingerprint density at radius 1 is 0.295 bits per heavy atom. The Morgan fingerprint density at radius 3 is 0.966 bits per heavy atom. The van der Waals surface area contributed by atoms with Gasteiger partial charge in [-0.05, 0) is 259 Å². The van der Waals surface area contributed by atoms with E-state index in [0.29, 0.717) is 151 Å². The van der Waals surface area contributed by atoms with E-state index in [4.69, 9.17) is 23.7 Å². The second-order valence-corrected chi connectivity index (χ2v) is 53.0. The van der Waals surface area contributed by atoms with Crippen molar-refractivity contribution in [1.29, 1.82) is 0 Å². The maximum absolute atomic E-state index is 13.4. The molecule has 31 nitrogen and oxygen atoms in total. The summed E-state index contributed by atoms with van der Waals surface area (Å²) in [7, 11) is -17.7. The molecule has 0 spiro atoms. The lowest BCUT2D eigenvalue weighted by molar-refractivity contribution is 0.135.